The second kappa shape index (κ2) is 13.9. The Hall–Kier alpha value is -4.79. The normalized spacial score (nSPS) is 15.2. The van der Waals surface area contributed by atoms with Gasteiger partial charge in [-0.25, -0.2) is 14.2 Å². The van der Waals surface area contributed by atoms with E-state index in [0.717, 1.165) is 18.2 Å². The Bertz CT molecular complexity index is 1710. The van der Waals surface area contributed by atoms with Crippen LogP contribution in [-0.2, 0) is 10.9 Å². The summed E-state index contributed by atoms with van der Waals surface area (Å²) in [4.78, 5) is 31.6. The highest BCUT2D eigenvalue weighted by Gasteiger charge is 2.41. The van der Waals surface area contributed by atoms with Crippen molar-refractivity contribution in [3.05, 3.63) is 77.3 Å². The van der Waals surface area contributed by atoms with Gasteiger partial charge in [0.2, 0.25) is 0 Å². The third-order valence-corrected chi connectivity index (χ3v) is 7.94. The van der Waals surface area contributed by atoms with Crippen molar-refractivity contribution in [3.63, 3.8) is 0 Å². The molecule has 10 nitrogen and oxygen atoms in total. The molecule has 2 aromatic heterocycles. The minimum Gasteiger partial charge on any atom is -0.457 e. The Morgan fingerprint density at radius 2 is 1.83 bits per heavy atom. The van der Waals surface area contributed by atoms with Crippen molar-refractivity contribution < 1.29 is 36.6 Å². The van der Waals surface area contributed by atoms with Crippen LogP contribution in [0.15, 0.2) is 60.2 Å². The number of hydrogen-bond acceptors (Lipinski definition) is 9. The van der Waals surface area contributed by atoms with E-state index >= 15 is 0 Å². The van der Waals surface area contributed by atoms with Crippen LogP contribution in [0.3, 0.4) is 0 Å². The fourth-order valence-electron chi connectivity index (χ4n) is 5.08. The summed E-state index contributed by atoms with van der Waals surface area (Å²) < 4.78 is 69.5. The van der Waals surface area contributed by atoms with Gasteiger partial charge in [-0.05, 0) is 82.0 Å². The van der Waals surface area contributed by atoms with Crippen molar-refractivity contribution in [2.45, 2.75) is 45.4 Å². The number of piperidine rings is 1. The van der Waals surface area contributed by atoms with Crippen LogP contribution in [0.1, 0.15) is 49.7 Å². The molecule has 248 valence electrons. The lowest BCUT2D eigenvalue weighted by Crippen LogP contribution is -2.43. The van der Waals surface area contributed by atoms with E-state index in [4.69, 9.17) is 9.47 Å². The summed E-state index contributed by atoms with van der Waals surface area (Å²) >= 11 is 1.18. The van der Waals surface area contributed by atoms with Gasteiger partial charge in [0.15, 0.2) is 0 Å². The standard InChI is InChI=1S/C32H32F4N6O4S/c1-31(2,3)46-30(44)37-15-19-5-4-14-42(17-19)27-23(40-28(43)24-18-47-29(41-24)20-12-13-38-39-16-20)10-11-25(26(27)32(34,35)36)45-22-8-6-21(33)7-9-22/h6-13,16,18-19H,4-5,14-15,17H2,1-3H3,(H,37,44)(H,40,43)/t19-/m0/s1. The first-order valence-electron chi connectivity index (χ1n) is 14.7. The SMILES string of the molecule is CC(C)(C)OC(=O)NC[C@@H]1CCCN(c2c(NC(=O)c3csc(-c4ccnnc4)n3)ccc(Oc3ccc(F)cc3)c2C(F)(F)F)C1. The van der Waals surface area contributed by atoms with Crippen LogP contribution in [0.4, 0.5) is 33.7 Å². The molecule has 1 aliphatic heterocycles. The summed E-state index contributed by atoms with van der Waals surface area (Å²) in [5.41, 5.74) is -1.58. The Kier molecular flexibility index (Phi) is 9.94. The number of thiazole rings is 1. The lowest BCUT2D eigenvalue weighted by molar-refractivity contribution is -0.138. The Labute approximate surface area is 272 Å². The average molecular weight is 673 g/mol. The summed E-state index contributed by atoms with van der Waals surface area (Å²) in [5, 5.41) is 14.9. The van der Waals surface area contributed by atoms with Crippen LogP contribution in [0.2, 0.25) is 0 Å². The summed E-state index contributed by atoms with van der Waals surface area (Å²) in [5.74, 6) is -2.03. The number of aromatic nitrogens is 3. The number of nitrogens with one attached hydrogen (secondary N) is 2. The molecule has 2 aromatic carbocycles. The van der Waals surface area contributed by atoms with Crippen LogP contribution < -0.4 is 20.3 Å². The number of nitrogens with zero attached hydrogens (tertiary/aromatic N) is 4. The molecule has 0 spiro atoms. The Balaban J connectivity index is 1.49. The van der Waals surface area contributed by atoms with E-state index in [-0.39, 0.29) is 48.4 Å². The van der Waals surface area contributed by atoms with Crippen LogP contribution >= 0.6 is 11.3 Å². The summed E-state index contributed by atoms with van der Waals surface area (Å²) in [6.07, 6.45) is -1.42. The molecule has 1 fully saturated rings. The summed E-state index contributed by atoms with van der Waals surface area (Å²) in [6, 6.07) is 8.73. The van der Waals surface area contributed by atoms with Gasteiger partial charge in [-0.2, -0.15) is 23.4 Å². The molecule has 5 rings (SSSR count). The van der Waals surface area contributed by atoms with Gasteiger partial charge in [0.05, 0.1) is 23.8 Å². The average Bonchev–Trinajstić information content (AvgIpc) is 3.52. The van der Waals surface area contributed by atoms with Crippen LogP contribution in [0.25, 0.3) is 10.6 Å². The fraction of sp³-hybridized carbons (Fsp3) is 0.344. The lowest BCUT2D eigenvalue weighted by Gasteiger charge is -2.37. The van der Waals surface area contributed by atoms with Gasteiger partial charge in [-0.3, -0.25) is 4.79 Å². The molecule has 4 aromatic rings. The van der Waals surface area contributed by atoms with E-state index in [0.29, 0.717) is 23.4 Å². The first kappa shape index (κ1) is 33.6. The zero-order chi connectivity index (χ0) is 33.8. The maximum Gasteiger partial charge on any atom is 0.422 e. The topological polar surface area (TPSA) is 119 Å². The van der Waals surface area contributed by atoms with Gasteiger partial charge in [-0.15, -0.1) is 11.3 Å². The number of alkyl halides is 3. The molecule has 0 bridgehead atoms. The van der Waals surface area contributed by atoms with Crippen molar-refractivity contribution in [1.82, 2.24) is 20.5 Å². The second-order valence-corrected chi connectivity index (χ2v) is 12.7. The molecule has 0 radical (unpaired) electrons. The van der Waals surface area contributed by atoms with Crippen molar-refractivity contribution in [2.75, 3.05) is 29.9 Å². The van der Waals surface area contributed by atoms with Crippen LogP contribution in [-0.4, -0.2) is 52.4 Å². The number of benzene rings is 2. The third kappa shape index (κ3) is 8.73. The minimum absolute atomic E-state index is 0.00155. The number of ether oxygens (including phenoxy) is 2. The van der Waals surface area contributed by atoms with Crippen molar-refractivity contribution in [3.8, 4) is 22.1 Å². The molecule has 3 heterocycles. The molecular formula is C32H32F4N6O4S. The molecule has 1 aliphatic rings. The number of anilines is 2. The summed E-state index contributed by atoms with van der Waals surface area (Å²) in [6.45, 7) is 5.74. The number of carbonyl (C=O) groups is 2. The maximum atomic E-state index is 15.0. The van der Waals surface area contributed by atoms with Gasteiger partial charge < -0.3 is 25.0 Å². The molecule has 1 saturated heterocycles. The van der Waals surface area contributed by atoms with E-state index in [9.17, 15) is 27.2 Å². The molecule has 1 atom stereocenters. The maximum absolute atomic E-state index is 15.0. The van der Waals surface area contributed by atoms with Gasteiger partial charge in [-0.1, -0.05) is 0 Å². The minimum atomic E-state index is -4.92. The van der Waals surface area contributed by atoms with E-state index in [1.54, 1.807) is 26.8 Å². The molecule has 0 aliphatic carbocycles. The number of rotatable bonds is 8. The van der Waals surface area contributed by atoms with E-state index < -0.39 is 40.9 Å². The van der Waals surface area contributed by atoms with Crippen LogP contribution in [0.5, 0.6) is 11.5 Å². The van der Waals surface area contributed by atoms with E-state index in [2.05, 4.69) is 25.8 Å². The van der Waals surface area contributed by atoms with Crippen LogP contribution in [0, 0.1) is 11.7 Å². The number of carbonyl (C=O) groups excluding carboxylic acids is 2. The first-order chi connectivity index (χ1) is 22.3. The molecule has 47 heavy (non-hydrogen) atoms. The zero-order valence-electron chi connectivity index (χ0n) is 25.7. The Morgan fingerprint density at radius 1 is 1.06 bits per heavy atom. The van der Waals surface area contributed by atoms with E-state index in [1.807, 2.05) is 0 Å². The largest absolute Gasteiger partial charge is 0.457 e. The smallest absolute Gasteiger partial charge is 0.422 e. The van der Waals surface area contributed by atoms with Gasteiger partial charge in [0, 0.05) is 30.6 Å². The number of hydrogen-bond donors (Lipinski definition) is 2. The fourth-order valence-corrected chi connectivity index (χ4v) is 5.87. The quantitative estimate of drug-likeness (QED) is 0.184. The van der Waals surface area contributed by atoms with E-state index in [1.165, 1.54) is 52.2 Å². The molecule has 0 unspecified atom stereocenters. The lowest BCUT2D eigenvalue weighted by atomic mass is 9.96. The molecule has 2 amide bonds. The number of amides is 2. The number of halogens is 4. The third-order valence-electron chi connectivity index (χ3n) is 7.05. The van der Waals surface area contributed by atoms with Crippen molar-refractivity contribution >= 4 is 34.7 Å². The highest BCUT2D eigenvalue weighted by Crippen LogP contribution is 2.48. The van der Waals surface area contributed by atoms with Crippen molar-refractivity contribution in [2.24, 2.45) is 5.92 Å². The van der Waals surface area contributed by atoms with Gasteiger partial charge in [0.1, 0.15) is 39.2 Å². The highest BCUT2D eigenvalue weighted by molar-refractivity contribution is 7.13. The molecule has 15 heteroatoms. The van der Waals surface area contributed by atoms with Gasteiger partial charge in [0.25, 0.3) is 5.91 Å². The van der Waals surface area contributed by atoms with Gasteiger partial charge >= 0.3 is 12.3 Å². The first-order valence-corrected chi connectivity index (χ1v) is 15.6. The highest BCUT2D eigenvalue weighted by atomic mass is 32.1. The Morgan fingerprint density at radius 3 is 2.51 bits per heavy atom. The predicted molar refractivity (Wildman–Crippen MR) is 168 cm³/mol. The second-order valence-electron chi connectivity index (χ2n) is 11.8. The summed E-state index contributed by atoms with van der Waals surface area (Å²) in [7, 11) is 0. The molecular weight excluding hydrogens is 640 g/mol. The number of alkyl carbamates (subject to hydrolysis) is 1. The molecule has 2 N–H and O–H groups in total. The molecule has 0 saturated carbocycles. The monoisotopic (exact) mass is 672 g/mol. The predicted octanol–water partition coefficient (Wildman–Crippen LogP) is 7.54. The zero-order valence-corrected chi connectivity index (χ0v) is 26.5. The van der Waals surface area contributed by atoms with Crippen molar-refractivity contribution in [1.29, 1.82) is 0 Å².